The van der Waals surface area contributed by atoms with E-state index < -0.39 is 0 Å². The first-order valence-electron chi connectivity index (χ1n) is 6.91. The summed E-state index contributed by atoms with van der Waals surface area (Å²) >= 11 is 5.81. The molecule has 6 heteroatoms. The van der Waals surface area contributed by atoms with Crippen molar-refractivity contribution in [3.63, 3.8) is 0 Å². The molecule has 2 amide bonds. The molecule has 0 atom stereocenters. The molecule has 2 aromatic carbocycles. The number of rotatable bonds is 3. The lowest BCUT2D eigenvalue weighted by molar-refractivity contribution is -0.118. The lowest BCUT2D eigenvalue weighted by atomic mass is 10.2. The number of carbonyl (C=O) groups is 2. The molecule has 0 saturated carbocycles. The normalized spacial score (nSPS) is 13.2. The Morgan fingerprint density at radius 1 is 1.22 bits per heavy atom. The van der Waals surface area contributed by atoms with E-state index in [1.165, 1.54) is 6.08 Å². The van der Waals surface area contributed by atoms with Crippen molar-refractivity contribution in [2.75, 3.05) is 17.2 Å². The van der Waals surface area contributed by atoms with Crippen LogP contribution in [0.1, 0.15) is 5.56 Å². The van der Waals surface area contributed by atoms with Crippen LogP contribution in [0.15, 0.2) is 48.5 Å². The highest BCUT2D eigenvalue weighted by Crippen LogP contribution is 2.30. The number of carbonyl (C=O) groups excluding carboxylic acids is 2. The second-order valence-electron chi connectivity index (χ2n) is 4.92. The van der Waals surface area contributed by atoms with Crippen LogP contribution in [0.25, 0.3) is 6.08 Å². The number of hydrogen-bond acceptors (Lipinski definition) is 3. The molecule has 0 bridgehead atoms. The molecule has 0 radical (unpaired) electrons. The van der Waals surface area contributed by atoms with E-state index in [-0.39, 0.29) is 18.4 Å². The van der Waals surface area contributed by atoms with Crippen molar-refractivity contribution in [2.24, 2.45) is 0 Å². The molecule has 2 N–H and O–H groups in total. The van der Waals surface area contributed by atoms with Crippen molar-refractivity contribution in [1.82, 2.24) is 0 Å². The van der Waals surface area contributed by atoms with Crippen molar-refractivity contribution in [2.45, 2.75) is 0 Å². The molecule has 0 aromatic heterocycles. The van der Waals surface area contributed by atoms with Crippen molar-refractivity contribution >= 4 is 40.9 Å². The van der Waals surface area contributed by atoms with Gasteiger partial charge in [0.2, 0.25) is 5.91 Å². The van der Waals surface area contributed by atoms with Gasteiger partial charge in [-0.1, -0.05) is 23.7 Å². The molecular weight excluding hydrogens is 316 g/mol. The molecule has 23 heavy (non-hydrogen) atoms. The summed E-state index contributed by atoms with van der Waals surface area (Å²) in [6.07, 6.45) is 3.13. The average Bonchev–Trinajstić information content (AvgIpc) is 2.54. The standard InChI is InChI=1S/C17H13ClN2O3/c18-12-4-1-11(2-5-12)3-8-16(21)19-13-6-7-14-15(9-13)23-10-17(22)20-14/h1-9H,10H2,(H,19,21)(H,20,22)/b8-3+. The number of ether oxygens (including phenoxy) is 1. The first-order chi connectivity index (χ1) is 11.1. The van der Waals surface area contributed by atoms with Crippen LogP contribution in [0.2, 0.25) is 5.02 Å². The Morgan fingerprint density at radius 2 is 2.00 bits per heavy atom. The second kappa shape index (κ2) is 6.54. The molecule has 0 fully saturated rings. The Kier molecular flexibility index (Phi) is 4.30. The van der Waals surface area contributed by atoms with Crippen LogP contribution in [-0.4, -0.2) is 18.4 Å². The van der Waals surface area contributed by atoms with Gasteiger partial charge in [-0.05, 0) is 35.9 Å². The predicted molar refractivity (Wildman–Crippen MR) is 89.7 cm³/mol. The molecule has 5 nitrogen and oxygen atoms in total. The van der Waals surface area contributed by atoms with Crippen LogP contribution >= 0.6 is 11.6 Å². The molecular formula is C17H13ClN2O3. The Bertz CT molecular complexity index is 785. The highest BCUT2D eigenvalue weighted by Gasteiger charge is 2.16. The third kappa shape index (κ3) is 3.90. The molecule has 0 saturated heterocycles. The summed E-state index contributed by atoms with van der Waals surface area (Å²) in [7, 11) is 0. The number of anilines is 2. The third-order valence-corrected chi connectivity index (χ3v) is 3.43. The summed E-state index contributed by atoms with van der Waals surface area (Å²) in [6, 6.07) is 12.2. The first-order valence-corrected chi connectivity index (χ1v) is 7.29. The molecule has 116 valence electrons. The SMILES string of the molecule is O=C(/C=C/c1ccc(Cl)cc1)Nc1ccc2c(c1)OCC(=O)N2. The fraction of sp³-hybridized carbons (Fsp3) is 0.0588. The maximum atomic E-state index is 11.9. The summed E-state index contributed by atoms with van der Waals surface area (Å²) in [5.74, 6) is 0.0732. The van der Waals surface area contributed by atoms with Crippen LogP contribution < -0.4 is 15.4 Å². The van der Waals surface area contributed by atoms with E-state index in [9.17, 15) is 9.59 Å². The molecule has 1 aliphatic rings. The summed E-state index contributed by atoms with van der Waals surface area (Å²) < 4.78 is 5.30. The number of hydrogen-bond donors (Lipinski definition) is 2. The Balaban J connectivity index is 1.66. The first kappa shape index (κ1) is 15.1. The maximum Gasteiger partial charge on any atom is 0.262 e. The second-order valence-corrected chi connectivity index (χ2v) is 5.36. The Labute approximate surface area is 137 Å². The van der Waals surface area contributed by atoms with Crippen LogP contribution in [0, 0.1) is 0 Å². The minimum Gasteiger partial charge on any atom is -0.482 e. The smallest absolute Gasteiger partial charge is 0.262 e. The summed E-state index contributed by atoms with van der Waals surface area (Å²) in [6.45, 7) is -0.0269. The van der Waals surface area contributed by atoms with Crippen molar-refractivity contribution in [3.05, 3.63) is 59.1 Å². The van der Waals surface area contributed by atoms with Gasteiger partial charge in [0.1, 0.15) is 5.75 Å². The highest BCUT2D eigenvalue weighted by atomic mass is 35.5. The fourth-order valence-corrected chi connectivity index (χ4v) is 2.21. The number of benzene rings is 2. The molecule has 1 heterocycles. The minimum absolute atomic E-state index is 0.0269. The highest BCUT2D eigenvalue weighted by molar-refractivity contribution is 6.30. The molecule has 3 rings (SSSR count). The maximum absolute atomic E-state index is 11.9. The lowest BCUT2D eigenvalue weighted by Crippen LogP contribution is -2.25. The summed E-state index contributed by atoms with van der Waals surface area (Å²) in [5, 5.41) is 6.08. The Morgan fingerprint density at radius 3 is 2.78 bits per heavy atom. The van der Waals surface area contributed by atoms with E-state index in [0.29, 0.717) is 22.1 Å². The van der Waals surface area contributed by atoms with Gasteiger partial charge in [-0.15, -0.1) is 0 Å². The number of nitrogens with one attached hydrogen (secondary N) is 2. The Hall–Kier alpha value is -2.79. The number of fused-ring (bicyclic) bond motifs is 1. The van der Waals surface area contributed by atoms with Crippen molar-refractivity contribution in [3.8, 4) is 5.75 Å². The molecule has 2 aromatic rings. The zero-order chi connectivity index (χ0) is 16.2. The summed E-state index contributed by atoms with van der Waals surface area (Å²) in [4.78, 5) is 23.1. The van der Waals surface area contributed by atoms with Crippen LogP contribution in [0.5, 0.6) is 5.75 Å². The minimum atomic E-state index is -0.264. The molecule has 0 unspecified atom stereocenters. The van der Waals surface area contributed by atoms with Gasteiger partial charge >= 0.3 is 0 Å². The van der Waals surface area contributed by atoms with Gasteiger partial charge in [-0.3, -0.25) is 9.59 Å². The largest absolute Gasteiger partial charge is 0.482 e. The van der Waals surface area contributed by atoms with Gasteiger partial charge in [0.05, 0.1) is 5.69 Å². The van der Waals surface area contributed by atoms with Gasteiger partial charge in [0.25, 0.3) is 5.91 Å². The average molecular weight is 329 g/mol. The van der Waals surface area contributed by atoms with Crippen molar-refractivity contribution in [1.29, 1.82) is 0 Å². The van der Waals surface area contributed by atoms with Crippen LogP contribution in [-0.2, 0) is 9.59 Å². The zero-order valence-corrected chi connectivity index (χ0v) is 12.8. The van der Waals surface area contributed by atoms with E-state index in [2.05, 4.69) is 10.6 Å². The van der Waals surface area contributed by atoms with Gasteiger partial charge in [0.15, 0.2) is 6.61 Å². The van der Waals surface area contributed by atoms with E-state index in [1.54, 1.807) is 36.4 Å². The predicted octanol–water partition coefficient (Wildman–Crippen LogP) is 3.32. The number of halogens is 1. The topological polar surface area (TPSA) is 67.4 Å². The quantitative estimate of drug-likeness (QED) is 0.849. The zero-order valence-electron chi connectivity index (χ0n) is 12.0. The number of amides is 2. The lowest BCUT2D eigenvalue weighted by Gasteiger charge is -2.18. The molecule has 0 spiro atoms. The third-order valence-electron chi connectivity index (χ3n) is 3.18. The van der Waals surface area contributed by atoms with E-state index in [4.69, 9.17) is 16.3 Å². The van der Waals surface area contributed by atoms with Crippen molar-refractivity contribution < 1.29 is 14.3 Å². The van der Waals surface area contributed by atoms with Gasteiger partial charge in [-0.2, -0.15) is 0 Å². The monoisotopic (exact) mass is 328 g/mol. The van der Waals surface area contributed by atoms with E-state index in [1.807, 2.05) is 12.1 Å². The van der Waals surface area contributed by atoms with Gasteiger partial charge in [0, 0.05) is 22.9 Å². The van der Waals surface area contributed by atoms with Gasteiger partial charge < -0.3 is 15.4 Å². The van der Waals surface area contributed by atoms with E-state index in [0.717, 1.165) is 5.56 Å². The molecule has 1 aliphatic heterocycles. The molecule has 0 aliphatic carbocycles. The van der Waals surface area contributed by atoms with Crippen LogP contribution in [0.3, 0.4) is 0 Å². The van der Waals surface area contributed by atoms with Crippen LogP contribution in [0.4, 0.5) is 11.4 Å². The van der Waals surface area contributed by atoms with Gasteiger partial charge in [-0.25, -0.2) is 0 Å². The summed E-state index contributed by atoms with van der Waals surface area (Å²) in [5.41, 5.74) is 2.06. The fourth-order valence-electron chi connectivity index (χ4n) is 2.08. The van der Waals surface area contributed by atoms with E-state index >= 15 is 0 Å².